The fraction of sp³-hybridized carbons (Fsp3) is 0.900. The van der Waals surface area contributed by atoms with E-state index in [4.69, 9.17) is 4.74 Å². The molecular weight excluding hydrogens is 230 g/mol. The molecule has 94 valence electrons. The first kappa shape index (κ1) is 13.5. The summed E-state index contributed by atoms with van der Waals surface area (Å²) >= 11 is 0. The van der Waals surface area contributed by atoms with Crippen LogP contribution in [-0.2, 0) is 4.74 Å². The molecule has 6 heteroatoms. The molecule has 0 saturated carbocycles. The van der Waals surface area contributed by atoms with Crippen molar-refractivity contribution in [1.82, 2.24) is 15.1 Å². The number of urea groups is 1. The first-order chi connectivity index (χ1) is 7.29. The van der Waals surface area contributed by atoms with E-state index in [9.17, 15) is 4.79 Å². The van der Waals surface area contributed by atoms with Crippen molar-refractivity contribution in [3.8, 4) is 0 Å². The lowest BCUT2D eigenvalue weighted by Gasteiger charge is -2.33. The highest BCUT2D eigenvalue weighted by molar-refractivity contribution is 5.85. The van der Waals surface area contributed by atoms with Gasteiger partial charge in [-0.15, -0.1) is 12.4 Å². The fourth-order valence-electron chi connectivity index (χ4n) is 2.10. The third-order valence-corrected chi connectivity index (χ3v) is 3.17. The van der Waals surface area contributed by atoms with Gasteiger partial charge in [-0.1, -0.05) is 0 Å². The third kappa shape index (κ3) is 2.99. The molecule has 0 aromatic rings. The molecule has 0 aromatic carbocycles. The zero-order valence-corrected chi connectivity index (χ0v) is 10.5. The molecule has 0 aliphatic carbocycles. The molecule has 2 saturated heterocycles. The summed E-state index contributed by atoms with van der Waals surface area (Å²) in [5.41, 5.74) is 0. The molecule has 0 aromatic heterocycles. The molecule has 1 atom stereocenters. The standard InChI is InChI=1S/C10H19N3O2.ClH/c1-12(9-2-3-11-8-9)10(14)13-4-6-15-7-5-13;/h9,11H,2-8H2,1H3;1H/t9-;/m1./s1. The highest BCUT2D eigenvalue weighted by Gasteiger charge is 2.27. The van der Waals surface area contributed by atoms with E-state index in [0.717, 1.165) is 32.6 Å². The van der Waals surface area contributed by atoms with Crippen LogP contribution in [0.4, 0.5) is 4.79 Å². The molecule has 2 aliphatic heterocycles. The molecule has 5 nitrogen and oxygen atoms in total. The Kier molecular flexibility index (Phi) is 5.31. The Balaban J connectivity index is 0.00000128. The average molecular weight is 250 g/mol. The highest BCUT2D eigenvalue weighted by Crippen LogP contribution is 2.10. The second-order valence-electron chi connectivity index (χ2n) is 4.14. The zero-order chi connectivity index (χ0) is 10.7. The minimum absolute atomic E-state index is 0. The van der Waals surface area contributed by atoms with E-state index in [0.29, 0.717) is 19.3 Å². The highest BCUT2D eigenvalue weighted by atomic mass is 35.5. The second-order valence-corrected chi connectivity index (χ2v) is 4.14. The van der Waals surface area contributed by atoms with Crippen molar-refractivity contribution in [3.05, 3.63) is 0 Å². The van der Waals surface area contributed by atoms with Gasteiger partial charge in [-0.3, -0.25) is 0 Å². The van der Waals surface area contributed by atoms with Gasteiger partial charge in [-0.05, 0) is 13.0 Å². The van der Waals surface area contributed by atoms with Gasteiger partial charge in [0.15, 0.2) is 0 Å². The van der Waals surface area contributed by atoms with Crippen LogP contribution < -0.4 is 5.32 Å². The maximum Gasteiger partial charge on any atom is 0.320 e. The number of likely N-dealkylation sites (N-methyl/N-ethyl adjacent to an activating group) is 1. The van der Waals surface area contributed by atoms with E-state index < -0.39 is 0 Å². The molecule has 0 spiro atoms. The van der Waals surface area contributed by atoms with E-state index in [1.54, 1.807) is 0 Å². The number of nitrogens with zero attached hydrogens (tertiary/aromatic N) is 2. The van der Waals surface area contributed by atoms with Gasteiger partial charge < -0.3 is 19.9 Å². The zero-order valence-electron chi connectivity index (χ0n) is 9.65. The summed E-state index contributed by atoms with van der Waals surface area (Å²) in [7, 11) is 1.90. The Morgan fingerprint density at radius 2 is 2.12 bits per heavy atom. The summed E-state index contributed by atoms with van der Waals surface area (Å²) in [6.07, 6.45) is 1.06. The van der Waals surface area contributed by atoms with Crippen LogP contribution in [0.25, 0.3) is 0 Å². The van der Waals surface area contributed by atoms with Gasteiger partial charge in [0.2, 0.25) is 0 Å². The van der Waals surface area contributed by atoms with Crippen LogP contribution in [0.1, 0.15) is 6.42 Å². The molecule has 0 unspecified atom stereocenters. The monoisotopic (exact) mass is 249 g/mol. The summed E-state index contributed by atoms with van der Waals surface area (Å²) in [6.45, 7) is 4.73. The Labute approximate surface area is 103 Å². The van der Waals surface area contributed by atoms with Gasteiger partial charge in [-0.25, -0.2) is 4.79 Å². The molecular formula is C10H20ClN3O2. The van der Waals surface area contributed by atoms with E-state index in [-0.39, 0.29) is 18.4 Å². The Morgan fingerprint density at radius 1 is 1.44 bits per heavy atom. The summed E-state index contributed by atoms with van der Waals surface area (Å²) in [5, 5.41) is 3.27. The van der Waals surface area contributed by atoms with Crippen molar-refractivity contribution in [3.63, 3.8) is 0 Å². The van der Waals surface area contributed by atoms with Gasteiger partial charge >= 0.3 is 6.03 Å². The van der Waals surface area contributed by atoms with Crippen LogP contribution in [0.5, 0.6) is 0 Å². The molecule has 0 radical (unpaired) electrons. The molecule has 2 fully saturated rings. The number of nitrogens with one attached hydrogen (secondary N) is 1. The van der Waals surface area contributed by atoms with Crippen molar-refractivity contribution in [2.45, 2.75) is 12.5 Å². The van der Waals surface area contributed by atoms with Crippen LogP contribution in [0.3, 0.4) is 0 Å². The van der Waals surface area contributed by atoms with Gasteiger partial charge in [0.25, 0.3) is 0 Å². The lowest BCUT2D eigenvalue weighted by molar-refractivity contribution is 0.0427. The number of carbonyl (C=O) groups excluding carboxylic acids is 1. The predicted molar refractivity (Wildman–Crippen MR) is 64.1 cm³/mol. The summed E-state index contributed by atoms with van der Waals surface area (Å²) in [5.74, 6) is 0. The van der Waals surface area contributed by atoms with Gasteiger partial charge in [-0.2, -0.15) is 0 Å². The topological polar surface area (TPSA) is 44.8 Å². The second kappa shape index (κ2) is 6.27. The number of amides is 2. The van der Waals surface area contributed by atoms with Crippen molar-refractivity contribution < 1.29 is 9.53 Å². The molecule has 1 N–H and O–H groups in total. The lowest BCUT2D eigenvalue weighted by atomic mass is 10.2. The normalized spacial score (nSPS) is 25.1. The Hall–Kier alpha value is -0.520. The number of carbonyl (C=O) groups is 1. The molecule has 2 aliphatic rings. The molecule has 16 heavy (non-hydrogen) atoms. The van der Waals surface area contributed by atoms with Crippen molar-refractivity contribution in [2.24, 2.45) is 0 Å². The first-order valence-electron chi connectivity index (χ1n) is 5.59. The molecule has 0 bridgehead atoms. The maximum atomic E-state index is 12.1. The number of rotatable bonds is 1. The predicted octanol–water partition coefficient (Wildman–Crippen LogP) is 0.154. The number of halogens is 1. The summed E-state index contributed by atoms with van der Waals surface area (Å²) in [6, 6.07) is 0.507. The number of hydrogen-bond acceptors (Lipinski definition) is 3. The molecule has 2 heterocycles. The van der Waals surface area contributed by atoms with Gasteiger partial charge in [0.1, 0.15) is 0 Å². The van der Waals surface area contributed by atoms with Crippen molar-refractivity contribution in [2.75, 3.05) is 46.4 Å². The molecule has 2 rings (SSSR count). The van der Waals surface area contributed by atoms with Gasteiger partial charge in [0, 0.05) is 32.7 Å². The Bertz CT molecular complexity index is 228. The fourth-order valence-corrected chi connectivity index (χ4v) is 2.10. The van der Waals surface area contributed by atoms with Crippen molar-refractivity contribution in [1.29, 1.82) is 0 Å². The van der Waals surface area contributed by atoms with Crippen LogP contribution in [0, 0.1) is 0 Å². The minimum atomic E-state index is 0. The van der Waals surface area contributed by atoms with E-state index in [2.05, 4.69) is 5.32 Å². The summed E-state index contributed by atoms with van der Waals surface area (Å²) in [4.78, 5) is 15.8. The largest absolute Gasteiger partial charge is 0.378 e. The summed E-state index contributed by atoms with van der Waals surface area (Å²) < 4.78 is 5.23. The van der Waals surface area contributed by atoms with Crippen LogP contribution in [0.2, 0.25) is 0 Å². The quantitative estimate of drug-likeness (QED) is 0.720. The van der Waals surface area contributed by atoms with Gasteiger partial charge in [0.05, 0.1) is 13.2 Å². The third-order valence-electron chi connectivity index (χ3n) is 3.17. The van der Waals surface area contributed by atoms with E-state index >= 15 is 0 Å². The average Bonchev–Trinajstić information content (AvgIpc) is 2.82. The smallest absolute Gasteiger partial charge is 0.320 e. The van der Waals surface area contributed by atoms with E-state index in [1.165, 1.54) is 0 Å². The maximum absolute atomic E-state index is 12.1. The number of morpholine rings is 1. The lowest BCUT2D eigenvalue weighted by Crippen LogP contribution is -2.50. The minimum Gasteiger partial charge on any atom is -0.378 e. The number of ether oxygens (including phenoxy) is 1. The van der Waals surface area contributed by atoms with Crippen LogP contribution >= 0.6 is 12.4 Å². The number of hydrogen-bond donors (Lipinski definition) is 1. The van der Waals surface area contributed by atoms with Crippen molar-refractivity contribution >= 4 is 18.4 Å². The SMILES string of the molecule is CN(C(=O)N1CCOCC1)[C@@H]1CCNC1.Cl. The van der Waals surface area contributed by atoms with Crippen LogP contribution in [0.15, 0.2) is 0 Å². The van der Waals surface area contributed by atoms with E-state index in [1.807, 2.05) is 16.8 Å². The van der Waals surface area contributed by atoms with Crippen LogP contribution in [-0.4, -0.2) is 68.3 Å². The first-order valence-corrected chi connectivity index (χ1v) is 5.59. The Morgan fingerprint density at radius 3 is 2.69 bits per heavy atom. The molecule has 2 amide bonds.